The molecule has 3 N–H and O–H groups in total. The van der Waals surface area contributed by atoms with Crippen molar-refractivity contribution in [2.24, 2.45) is 5.73 Å². The maximum atomic E-state index is 9.82. The van der Waals surface area contributed by atoms with E-state index in [0.717, 1.165) is 26.1 Å². The van der Waals surface area contributed by atoms with E-state index in [-0.39, 0.29) is 0 Å². The van der Waals surface area contributed by atoms with Crippen molar-refractivity contribution < 1.29 is 9.84 Å². The molecular weight excluding hydrogens is 192 g/mol. The zero-order valence-electron chi connectivity index (χ0n) is 9.48. The van der Waals surface area contributed by atoms with Gasteiger partial charge in [0.15, 0.2) is 0 Å². The van der Waals surface area contributed by atoms with Gasteiger partial charge in [0.25, 0.3) is 0 Å². The molecule has 2 rings (SSSR count). The average Bonchev–Trinajstić information content (AvgIpc) is 2.55. The lowest BCUT2D eigenvalue weighted by Crippen LogP contribution is -2.45. The molecule has 2 aliphatic heterocycles. The molecule has 2 fully saturated rings. The highest BCUT2D eigenvalue weighted by Crippen LogP contribution is 2.26. The number of aliphatic hydroxyl groups is 1. The Bertz CT molecular complexity index is 209. The van der Waals surface area contributed by atoms with Crippen LogP contribution in [0, 0.1) is 0 Å². The molecule has 0 aromatic heterocycles. The molecule has 2 heterocycles. The zero-order chi connectivity index (χ0) is 10.9. The number of nitrogens with two attached hydrogens (primary N) is 1. The topological polar surface area (TPSA) is 58.7 Å². The van der Waals surface area contributed by atoms with Crippen molar-refractivity contribution in [3.05, 3.63) is 0 Å². The van der Waals surface area contributed by atoms with Crippen molar-refractivity contribution in [2.75, 3.05) is 26.2 Å². The minimum Gasteiger partial charge on any atom is -0.389 e. The Kier molecular flexibility index (Phi) is 3.30. The molecule has 0 amide bonds. The van der Waals surface area contributed by atoms with Gasteiger partial charge in [-0.05, 0) is 26.2 Å². The van der Waals surface area contributed by atoms with Crippen LogP contribution >= 0.6 is 0 Å². The van der Waals surface area contributed by atoms with Gasteiger partial charge in [0.05, 0.1) is 17.8 Å². The van der Waals surface area contributed by atoms with Crippen LogP contribution in [0.15, 0.2) is 0 Å². The quantitative estimate of drug-likeness (QED) is 0.689. The summed E-state index contributed by atoms with van der Waals surface area (Å²) in [6.45, 7) is 5.13. The summed E-state index contributed by atoms with van der Waals surface area (Å²) in [6.07, 6.45) is 4.03. The molecule has 2 aliphatic rings. The van der Waals surface area contributed by atoms with Crippen molar-refractivity contribution in [2.45, 2.75) is 44.0 Å². The van der Waals surface area contributed by atoms with Gasteiger partial charge in [-0.1, -0.05) is 0 Å². The first kappa shape index (κ1) is 11.3. The third kappa shape index (κ3) is 2.91. The van der Waals surface area contributed by atoms with Crippen LogP contribution in [0.2, 0.25) is 0 Å². The molecule has 3 unspecified atom stereocenters. The maximum Gasteiger partial charge on any atom is 0.0753 e. The summed E-state index contributed by atoms with van der Waals surface area (Å²) >= 11 is 0. The van der Waals surface area contributed by atoms with Crippen molar-refractivity contribution in [1.29, 1.82) is 0 Å². The summed E-state index contributed by atoms with van der Waals surface area (Å²) in [5.74, 6) is 0. The molecule has 3 atom stereocenters. The first-order valence-electron chi connectivity index (χ1n) is 5.89. The fourth-order valence-corrected chi connectivity index (χ4v) is 2.38. The first-order valence-corrected chi connectivity index (χ1v) is 5.89. The number of morpholine rings is 1. The van der Waals surface area contributed by atoms with E-state index in [9.17, 15) is 5.11 Å². The van der Waals surface area contributed by atoms with Gasteiger partial charge in [0, 0.05) is 26.2 Å². The minimum absolute atomic E-state index is 0.337. The summed E-state index contributed by atoms with van der Waals surface area (Å²) in [4.78, 5) is 2.40. The third-order valence-corrected chi connectivity index (χ3v) is 3.53. The maximum absolute atomic E-state index is 9.82. The number of likely N-dealkylation sites (tertiary alicyclic amines) is 1. The van der Waals surface area contributed by atoms with E-state index in [1.165, 1.54) is 12.8 Å². The Balaban J connectivity index is 1.76. The summed E-state index contributed by atoms with van der Waals surface area (Å²) in [6, 6.07) is 0. The molecule has 2 bridgehead atoms. The minimum atomic E-state index is -0.711. The molecule has 88 valence electrons. The van der Waals surface area contributed by atoms with Gasteiger partial charge in [-0.3, -0.25) is 4.90 Å². The van der Waals surface area contributed by atoms with Crippen LogP contribution < -0.4 is 5.73 Å². The Labute approximate surface area is 91.4 Å². The lowest BCUT2D eigenvalue weighted by molar-refractivity contribution is -0.0463. The van der Waals surface area contributed by atoms with E-state index < -0.39 is 5.60 Å². The van der Waals surface area contributed by atoms with Crippen LogP contribution in [-0.4, -0.2) is 54.0 Å². The van der Waals surface area contributed by atoms with Gasteiger partial charge in [-0.2, -0.15) is 0 Å². The number of hydrogen-bond acceptors (Lipinski definition) is 4. The monoisotopic (exact) mass is 214 g/mol. The number of hydrogen-bond donors (Lipinski definition) is 2. The van der Waals surface area contributed by atoms with Crippen LogP contribution in [0.3, 0.4) is 0 Å². The molecule has 0 radical (unpaired) electrons. The molecular formula is C11H22N2O2. The smallest absolute Gasteiger partial charge is 0.0753 e. The van der Waals surface area contributed by atoms with Crippen LogP contribution in [0.25, 0.3) is 0 Å². The Morgan fingerprint density at radius 2 is 2.00 bits per heavy atom. The summed E-state index contributed by atoms with van der Waals surface area (Å²) in [7, 11) is 0. The van der Waals surface area contributed by atoms with Crippen LogP contribution in [0.4, 0.5) is 0 Å². The summed E-state index contributed by atoms with van der Waals surface area (Å²) < 4.78 is 5.76. The Morgan fingerprint density at radius 1 is 1.40 bits per heavy atom. The highest BCUT2D eigenvalue weighted by molar-refractivity contribution is 4.86. The Hall–Kier alpha value is -0.160. The second kappa shape index (κ2) is 4.37. The largest absolute Gasteiger partial charge is 0.389 e. The number of ether oxygens (including phenoxy) is 1. The van der Waals surface area contributed by atoms with E-state index in [4.69, 9.17) is 10.5 Å². The van der Waals surface area contributed by atoms with Crippen molar-refractivity contribution in [1.82, 2.24) is 4.90 Å². The van der Waals surface area contributed by atoms with Crippen LogP contribution in [-0.2, 0) is 4.74 Å². The van der Waals surface area contributed by atoms with Crippen molar-refractivity contribution >= 4 is 0 Å². The molecule has 0 aromatic carbocycles. The normalized spacial score (nSPS) is 35.4. The number of rotatable bonds is 4. The average molecular weight is 214 g/mol. The van der Waals surface area contributed by atoms with Gasteiger partial charge >= 0.3 is 0 Å². The van der Waals surface area contributed by atoms with Crippen LogP contribution in [0.1, 0.15) is 26.2 Å². The molecule has 0 spiro atoms. The highest BCUT2D eigenvalue weighted by Gasteiger charge is 2.34. The SMILES string of the molecule is CC(O)(CN)CCN1CC2CCC(C1)O2. The van der Waals surface area contributed by atoms with Gasteiger partial charge in [0.2, 0.25) is 0 Å². The van der Waals surface area contributed by atoms with Crippen molar-refractivity contribution in [3.63, 3.8) is 0 Å². The van der Waals surface area contributed by atoms with Gasteiger partial charge < -0.3 is 15.6 Å². The predicted octanol–water partition coefficient (Wildman–Crippen LogP) is -0.0506. The highest BCUT2D eigenvalue weighted by atomic mass is 16.5. The lowest BCUT2D eigenvalue weighted by atomic mass is 10.0. The van der Waals surface area contributed by atoms with E-state index in [1.807, 2.05) is 6.92 Å². The lowest BCUT2D eigenvalue weighted by Gasteiger charge is -2.34. The second-order valence-corrected chi connectivity index (χ2v) is 5.17. The zero-order valence-corrected chi connectivity index (χ0v) is 9.48. The Morgan fingerprint density at radius 3 is 2.53 bits per heavy atom. The van der Waals surface area contributed by atoms with E-state index in [2.05, 4.69) is 4.90 Å². The van der Waals surface area contributed by atoms with E-state index in [1.54, 1.807) is 0 Å². The van der Waals surface area contributed by atoms with Gasteiger partial charge in [-0.15, -0.1) is 0 Å². The van der Waals surface area contributed by atoms with Crippen molar-refractivity contribution in [3.8, 4) is 0 Å². The molecule has 2 saturated heterocycles. The van der Waals surface area contributed by atoms with Gasteiger partial charge in [-0.25, -0.2) is 0 Å². The first-order chi connectivity index (χ1) is 7.09. The van der Waals surface area contributed by atoms with E-state index >= 15 is 0 Å². The molecule has 0 aliphatic carbocycles. The number of fused-ring (bicyclic) bond motifs is 2. The fraction of sp³-hybridized carbons (Fsp3) is 1.00. The molecule has 15 heavy (non-hydrogen) atoms. The predicted molar refractivity (Wildman–Crippen MR) is 58.6 cm³/mol. The van der Waals surface area contributed by atoms with Gasteiger partial charge in [0.1, 0.15) is 0 Å². The third-order valence-electron chi connectivity index (χ3n) is 3.53. The standard InChI is InChI=1S/C11H22N2O2/c1-11(14,8-12)4-5-13-6-9-2-3-10(7-13)15-9/h9-10,14H,2-8,12H2,1H3. The molecule has 0 saturated carbocycles. The molecule has 0 aromatic rings. The second-order valence-electron chi connectivity index (χ2n) is 5.17. The number of nitrogens with zero attached hydrogens (tertiary/aromatic N) is 1. The molecule has 4 nitrogen and oxygen atoms in total. The molecule has 4 heteroatoms. The summed E-state index contributed by atoms with van der Waals surface area (Å²) in [5.41, 5.74) is 4.78. The van der Waals surface area contributed by atoms with E-state index in [0.29, 0.717) is 18.8 Å². The summed E-state index contributed by atoms with van der Waals surface area (Å²) in [5, 5.41) is 9.82. The fourth-order valence-electron chi connectivity index (χ4n) is 2.38. The van der Waals surface area contributed by atoms with Crippen LogP contribution in [0.5, 0.6) is 0 Å².